The molecule has 0 saturated carbocycles. The molecule has 4 nitrogen and oxygen atoms in total. The van der Waals surface area contributed by atoms with E-state index in [9.17, 15) is 0 Å². The van der Waals surface area contributed by atoms with Gasteiger partial charge in [0.05, 0.1) is 0 Å². The minimum atomic E-state index is 0.361. The molecule has 4 heteroatoms. The summed E-state index contributed by atoms with van der Waals surface area (Å²) in [6.07, 6.45) is 4.67. The Morgan fingerprint density at radius 1 is 1.47 bits per heavy atom. The van der Waals surface area contributed by atoms with Crippen LogP contribution in [0, 0.1) is 0 Å². The first-order valence-corrected chi connectivity index (χ1v) is 5.53. The van der Waals surface area contributed by atoms with Crippen LogP contribution in [0.1, 0.15) is 32.4 Å². The molecule has 0 aromatic carbocycles. The lowest BCUT2D eigenvalue weighted by Gasteiger charge is -2.13. The number of nitrogens with two attached hydrogens (primary N) is 1. The SMILES string of the molecule is CCCc1cc(NC(C)CCN)ncn1. The summed E-state index contributed by atoms with van der Waals surface area (Å²) in [5, 5.41) is 3.31. The Morgan fingerprint density at radius 3 is 2.93 bits per heavy atom. The van der Waals surface area contributed by atoms with Crippen LogP contribution in [0.2, 0.25) is 0 Å². The zero-order valence-electron chi connectivity index (χ0n) is 9.53. The van der Waals surface area contributed by atoms with Crippen molar-refractivity contribution < 1.29 is 0 Å². The summed E-state index contributed by atoms with van der Waals surface area (Å²) < 4.78 is 0. The summed E-state index contributed by atoms with van der Waals surface area (Å²) in [6, 6.07) is 2.37. The number of nitrogens with zero attached hydrogens (tertiary/aromatic N) is 2. The molecule has 3 N–H and O–H groups in total. The summed E-state index contributed by atoms with van der Waals surface area (Å²) in [5.41, 5.74) is 6.58. The Hall–Kier alpha value is -1.16. The molecule has 15 heavy (non-hydrogen) atoms. The van der Waals surface area contributed by atoms with Crippen LogP contribution in [0.25, 0.3) is 0 Å². The largest absolute Gasteiger partial charge is 0.367 e. The van der Waals surface area contributed by atoms with Gasteiger partial charge in [-0.3, -0.25) is 0 Å². The molecule has 0 aliphatic rings. The van der Waals surface area contributed by atoms with Gasteiger partial charge in [-0.2, -0.15) is 0 Å². The number of hydrogen-bond acceptors (Lipinski definition) is 4. The molecular weight excluding hydrogens is 188 g/mol. The molecule has 1 aromatic rings. The third kappa shape index (κ3) is 4.25. The Bertz CT molecular complexity index is 288. The fourth-order valence-electron chi connectivity index (χ4n) is 1.44. The third-order valence-electron chi connectivity index (χ3n) is 2.22. The van der Waals surface area contributed by atoms with Gasteiger partial charge in [0.1, 0.15) is 12.1 Å². The highest BCUT2D eigenvalue weighted by Gasteiger charge is 2.02. The van der Waals surface area contributed by atoms with Gasteiger partial charge in [-0.1, -0.05) is 13.3 Å². The average Bonchev–Trinajstić information content (AvgIpc) is 2.19. The van der Waals surface area contributed by atoms with E-state index in [1.807, 2.05) is 6.07 Å². The minimum Gasteiger partial charge on any atom is -0.367 e. The van der Waals surface area contributed by atoms with Gasteiger partial charge in [0.15, 0.2) is 0 Å². The lowest BCUT2D eigenvalue weighted by Crippen LogP contribution is -2.20. The van der Waals surface area contributed by atoms with Crippen LogP contribution < -0.4 is 11.1 Å². The molecule has 1 unspecified atom stereocenters. The first-order valence-electron chi connectivity index (χ1n) is 5.53. The lowest BCUT2D eigenvalue weighted by molar-refractivity contribution is 0.712. The predicted molar refractivity (Wildman–Crippen MR) is 62.8 cm³/mol. The van der Waals surface area contributed by atoms with Crippen molar-refractivity contribution >= 4 is 5.82 Å². The normalized spacial score (nSPS) is 12.5. The van der Waals surface area contributed by atoms with Gasteiger partial charge in [-0.05, 0) is 26.3 Å². The Balaban J connectivity index is 2.56. The Morgan fingerprint density at radius 2 is 2.27 bits per heavy atom. The van der Waals surface area contributed by atoms with Crippen LogP contribution in [0.3, 0.4) is 0 Å². The highest BCUT2D eigenvalue weighted by atomic mass is 15.0. The molecule has 1 heterocycles. The zero-order chi connectivity index (χ0) is 11.1. The molecule has 0 fully saturated rings. The molecule has 1 rings (SSSR count). The monoisotopic (exact) mass is 208 g/mol. The van der Waals surface area contributed by atoms with E-state index >= 15 is 0 Å². The molecule has 1 atom stereocenters. The molecule has 84 valence electrons. The van der Waals surface area contributed by atoms with Gasteiger partial charge in [-0.15, -0.1) is 0 Å². The molecule has 0 spiro atoms. The molecule has 0 aliphatic carbocycles. The average molecular weight is 208 g/mol. The molecule has 0 saturated heterocycles. The van der Waals surface area contributed by atoms with Gasteiger partial charge in [0, 0.05) is 17.8 Å². The topological polar surface area (TPSA) is 63.8 Å². The van der Waals surface area contributed by atoms with Gasteiger partial charge in [-0.25, -0.2) is 9.97 Å². The Labute approximate surface area is 91.3 Å². The van der Waals surface area contributed by atoms with Gasteiger partial charge in [0.25, 0.3) is 0 Å². The second-order valence-electron chi connectivity index (χ2n) is 3.77. The molecule has 0 amide bonds. The van der Waals surface area contributed by atoms with Gasteiger partial charge in [0.2, 0.25) is 0 Å². The highest BCUT2D eigenvalue weighted by molar-refractivity contribution is 5.35. The Kier molecular flexibility index (Phi) is 5.04. The van der Waals surface area contributed by atoms with Crippen molar-refractivity contribution in [3.05, 3.63) is 18.1 Å². The second kappa shape index (κ2) is 6.35. The van der Waals surface area contributed by atoms with Crippen molar-refractivity contribution in [2.75, 3.05) is 11.9 Å². The van der Waals surface area contributed by atoms with E-state index in [4.69, 9.17) is 5.73 Å². The summed E-state index contributed by atoms with van der Waals surface area (Å²) >= 11 is 0. The molecule has 1 aromatic heterocycles. The summed E-state index contributed by atoms with van der Waals surface area (Å²) in [5.74, 6) is 0.898. The first kappa shape index (κ1) is 11.9. The van der Waals surface area contributed by atoms with Crippen molar-refractivity contribution in [2.24, 2.45) is 5.73 Å². The van der Waals surface area contributed by atoms with E-state index in [-0.39, 0.29) is 0 Å². The third-order valence-corrected chi connectivity index (χ3v) is 2.22. The first-order chi connectivity index (χ1) is 7.26. The van der Waals surface area contributed by atoms with Gasteiger partial charge < -0.3 is 11.1 Å². The minimum absolute atomic E-state index is 0.361. The fraction of sp³-hybridized carbons (Fsp3) is 0.636. The maximum atomic E-state index is 5.49. The number of aryl methyl sites for hydroxylation is 1. The standard InChI is InChI=1S/C11H20N4/c1-3-4-10-7-11(14-8-13-10)15-9(2)5-6-12/h7-9H,3-6,12H2,1-2H3,(H,13,14,15). The van der Waals surface area contributed by atoms with Crippen molar-refractivity contribution in [3.63, 3.8) is 0 Å². The summed E-state index contributed by atoms with van der Waals surface area (Å²) in [7, 11) is 0. The number of nitrogens with one attached hydrogen (secondary N) is 1. The van der Waals surface area contributed by atoms with E-state index in [2.05, 4.69) is 29.1 Å². The quantitative estimate of drug-likeness (QED) is 0.745. The summed E-state index contributed by atoms with van der Waals surface area (Å²) in [4.78, 5) is 8.39. The number of rotatable bonds is 6. The fourth-order valence-corrected chi connectivity index (χ4v) is 1.44. The molecular formula is C11H20N4. The maximum Gasteiger partial charge on any atom is 0.129 e. The maximum absolute atomic E-state index is 5.49. The number of aromatic nitrogens is 2. The van der Waals surface area contributed by atoms with E-state index in [0.29, 0.717) is 12.6 Å². The second-order valence-corrected chi connectivity index (χ2v) is 3.77. The van der Waals surface area contributed by atoms with Crippen LogP contribution in [0.4, 0.5) is 5.82 Å². The summed E-state index contributed by atoms with van der Waals surface area (Å²) in [6.45, 7) is 4.95. The molecule has 0 radical (unpaired) electrons. The smallest absolute Gasteiger partial charge is 0.129 e. The van der Waals surface area contributed by atoms with Crippen LogP contribution in [0.5, 0.6) is 0 Å². The van der Waals surface area contributed by atoms with E-state index in [0.717, 1.165) is 30.8 Å². The van der Waals surface area contributed by atoms with Gasteiger partial charge >= 0.3 is 0 Å². The van der Waals surface area contributed by atoms with Crippen LogP contribution in [-0.4, -0.2) is 22.6 Å². The zero-order valence-corrected chi connectivity index (χ0v) is 9.53. The van der Waals surface area contributed by atoms with E-state index in [1.54, 1.807) is 6.33 Å². The number of anilines is 1. The van der Waals surface area contributed by atoms with E-state index < -0.39 is 0 Å². The van der Waals surface area contributed by atoms with Crippen molar-refractivity contribution in [1.29, 1.82) is 0 Å². The molecule has 0 aliphatic heterocycles. The van der Waals surface area contributed by atoms with Crippen LogP contribution in [0.15, 0.2) is 12.4 Å². The lowest BCUT2D eigenvalue weighted by atomic mass is 10.2. The van der Waals surface area contributed by atoms with E-state index in [1.165, 1.54) is 0 Å². The van der Waals surface area contributed by atoms with Crippen molar-refractivity contribution in [3.8, 4) is 0 Å². The van der Waals surface area contributed by atoms with Crippen molar-refractivity contribution in [2.45, 2.75) is 39.2 Å². The van der Waals surface area contributed by atoms with Crippen molar-refractivity contribution in [1.82, 2.24) is 9.97 Å². The number of hydrogen-bond donors (Lipinski definition) is 2. The highest BCUT2D eigenvalue weighted by Crippen LogP contribution is 2.08. The molecule has 0 bridgehead atoms. The van der Waals surface area contributed by atoms with Crippen LogP contribution in [-0.2, 0) is 6.42 Å². The predicted octanol–water partition coefficient (Wildman–Crippen LogP) is 1.58. The van der Waals surface area contributed by atoms with Crippen LogP contribution >= 0.6 is 0 Å².